The number of ketones is 2. The van der Waals surface area contributed by atoms with Gasteiger partial charge in [0.1, 0.15) is 35.1 Å². The molecule has 11 heteroatoms. The molecule has 1 aromatic carbocycles. The largest absolute Gasteiger partial charge is 0.511 e. The Morgan fingerprint density at radius 2 is 1.97 bits per heavy atom. The van der Waals surface area contributed by atoms with Crippen molar-refractivity contribution < 1.29 is 34.1 Å². The van der Waals surface area contributed by atoms with Crippen LogP contribution in [0.5, 0.6) is 5.75 Å². The van der Waals surface area contributed by atoms with Crippen LogP contribution in [0.4, 0.5) is 0 Å². The van der Waals surface area contributed by atoms with Crippen molar-refractivity contribution in [1.29, 1.82) is 0 Å². The highest BCUT2D eigenvalue weighted by Gasteiger charge is 2.58. The number of allylic oxidation sites excluding steroid dienone is 1. The van der Waals surface area contributed by atoms with Crippen molar-refractivity contribution in [3.05, 3.63) is 57.5 Å². The molecule has 1 amide bonds. The second kappa shape index (κ2) is 7.37. The minimum absolute atomic E-state index is 0.0311. The van der Waals surface area contributed by atoms with E-state index >= 15 is 0 Å². The van der Waals surface area contributed by atoms with E-state index in [1.165, 1.54) is 12.5 Å². The standard InChI is InChI=1S/C23H19N3O8/c1-7-8-2-3-9(23-25-4-5-34-23)18(28)13(8)20(30)16-12(7)17(26-33)10-6-11(27)15(22(24)32)19(29)14(10)21(16)31/h2-5,7,10,12,14,17,28-30H,6H2,1H3,(H2,24,32)/t7-,10?,12?,14?,17?/m0/s1. The number of benzene rings is 1. The molecule has 1 saturated carbocycles. The molecule has 1 aromatic heterocycles. The number of oxazole rings is 1. The molecule has 1 heterocycles. The normalized spacial score (nSPS) is 28.3. The number of phenols is 1. The van der Waals surface area contributed by atoms with Gasteiger partial charge in [-0.1, -0.05) is 18.2 Å². The number of Topliss-reactive ketones (excluding diaryl/α,β-unsaturated/α-hetero) is 2. The molecule has 34 heavy (non-hydrogen) atoms. The molecule has 0 spiro atoms. The maximum Gasteiger partial charge on any atom is 0.255 e. The van der Waals surface area contributed by atoms with Gasteiger partial charge in [-0.15, -0.1) is 0 Å². The number of nitroso groups, excluding NO2 is 1. The second-order valence-electron chi connectivity index (χ2n) is 8.69. The molecular weight excluding hydrogens is 446 g/mol. The minimum Gasteiger partial charge on any atom is -0.511 e. The summed E-state index contributed by atoms with van der Waals surface area (Å²) in [6.45, 7) is 1.71. The summed E-state index contributed by atoms with van der Waals surface area (Å²) in [6, 6.07) is 2.00. The smallest absolute Gasteiger partial charge is 0.255 e. The maximum atomic E-state index is 13.6. The summed E-state index contributed by atoms with van der Waals surface area (Å²) in [7, 11) is 0. The Hall–Kier alpha value is -4.28. The zero-order chi connectivity index (χ0) is 24.5. The molecule has 0 saturated heterocycles. The van der Waals surface area contributed by atoms with Crippen LogP contribution in [0.2, 0.25) is 0 Å². The summed E-state index contributed by atoms with van der Waals surface area (Å²) in [5, 5.41) is 36.0. The number of primary amides is 1. The molecule has 2 aromatic rings. The monoisotopic (exact) mass is 465 g/mol. The van der Waals surface area contributed by atoms with Gasteiger partial charge in [-0.2, -0.15) is 4.91 Å². The van der Waals surface area contributed by atoms with Crippen molar-refractivity contribution in [1.82, 2.24) is 4.98 Å². The molecular formula is C23H19N3O8. The summed E-state index contributed by atoms with van der Waals surface area (Å²) in [5.41, 5.74) is 4.92. The maximum absolute atomic E-state index is 13.6. The Morgan fingerprint density at radius 1 is 1.24 bits per heavy atom. The molecule has 3 aliphatic carbocycles. The van der Waals surface area contributed by atoms with E-state index in [-0.39, 0.29) is 34.8 Å². The van der Waals surface area contributed by atoms with E-state index in [1.54, 1.807) is 19.1 Å². The number of hydrogen-bond acceptors (Lipinski definition) is 10. The van der Waals surface area contributed by atoms with E-state index in [4.69, 9.17) is 10.2 Å². The molecule has 0 radical (unpaired) electrons. The summed E-state index contributed by atoms with van der Waals surface area (Å²) in [6.07, 6.45) is 2.31. The van der Waals surface area contributed by atoms with Crippen LogP contribution in [0.3, 0.4) is 0 Å². The zero-order valence-electron chi connectivity index (χ0n) is 17.8. The first kappa shape index (κ1) is 21.6. The summed E-state index contributed by atoms with van der Waals surface area (Å²) >= 11 is 0. The fraction of sp³-hybridized carbons (Fsp3) is 0.304. The van der Waals surface area contributed by atoms with Gasteiger partial charge in [-0.25, -0.2) is 4.98 Å². The Bertz CT molecular complexity index is 1340. The number of carbonyl (C=O) groups excluding carboxylic acids is 3. The van der Waals surface area contributed by atoms with Crippen molar-refractivity contribution in [3.8, 4) is 17.2 Å². The number of aliphatic hydroxyl groups is 2. The predicted octanol–water partition coefficient (Wildman–Crippen LogP) is 2.27. The summed E-state index contributed by atoms with van der Waals surface area (Å²) < 4.78 is 5.24. The number of amides is 1. The van der Waals surface area contributed by atoms with Gasteiger partial charge < -0.3 is 25.5 Å². The Kier molecular flexibility index (Phi) is 4.67. The highest BCUT2D eigenvalue weighted by atomic mass is 16.3. The van der Waals surface area contributed by atoms with Gasteiger partial charge in [0.2, 0.25) is 5.89 Å². The van der Waals surface area contributed by atoms with Crippen LogP contribution in [0.25, 0.3) is 17.2 Å². The van der Waals surface area contributed by atoms with Crippen LogP contribution < -0.4 is 5.73 Å². The first-order chi connectivity index (χ1) is 16.2. The molecule has 0 bridgehead atoms. The first-order valence-electron chi connectivity index (χ1n) is 10.5. The third-order valence-electron chi connectivity index (χ3n) is 7.13. The molecule has 4 unspecified atom stereocenters. The lowest BCUT2D eigenvalue weighted by Crippen LogP contribution is -2.52. The van der Waals surface area contributed by atoms with Crippen LogP contribution in [-0.2, 0) is 14.4 Å². The summed E-state index contributed by atoms with van der Waals surface area (Å²) in [5.74, 6) is -8.39. The lowest BCUT2D eigenvalue weighted by atomic mass is 9.57. The van der Waals surface area contributed by atoms with Gasteiger partial charge in [-0.3, -0.25) is 14.4 Å². The Labute approximate surface area is 191 Å². The van der Waals surface area contributed by atoms with E-state index in [0.717, 1.165) is 0 Å². The molecule has 0 aliphatic heterocycles. The number of hydrogen-bond donors (Lipinski definition) is 4. The number of nitrogens with zero attached hydrogens (tertiary/aromatic N) is 2. The van der Waals surface area contributed by atoms with Gasteiger partial charge in [0.25, 0.3) is 5.91 Å². The van der Waals surface area contributed by atoms with E-state index in [1.807, 2.05) is 0 Å². The predicted molar refractivity (Wildman–Crippen MR) is 115 cm³/mol. The quantitative estimate of drug-likeness (QED) is 0.388. The molecule has 11 nitrogen and oxygen atoms in total. The average Bonchev–Trinajstić information content (AvgIpc) is 3.31. The Balaban J connectivity index is 1.75. The highest BCUT2D eigenvalue weighted by Crippen LogP contribution is 2.55. The molecule has 5 rings (SSSR count). The molecule has 5 atom stereocenters. The lowest BCUT2D eigenvalue weighted by Gasteiger charge is -2.46. The first-order valence-corrected chi connectivity index (χ1v) is 10.5. The molecule has 5 N–H and O–H groups in total. The second-order valence-corrected chi connectivity index (χ2v) is 8.69. The van der Waals surface area contributed by atoms with Gasteiger partial charge >= 0.3 is 0 Å². The minimum atomic E-state index is -1.46. The molecule has 1 fully saturated rings. The van der Waals surface area contributed by atoms with Crippen molar-refractivity contribution in [2.24, 2.45) is 28.7 Å². The van der Waals surface area contributed by atoms with Crippen LogP contribution >= 0.6 is 0 Å². The van der Waals surface area contributed by atoms with E-state index < -0.39 is 64.3 Å². The van der Waals surface area contributed by atoms with Crippen LogP contribution in [0.15, 0.2) is 51.1 Å². The number of phenolic OH excluding ortho intramolecular Hbond substituents is 1. The number of aliphatic hydroxyl groups excluding tert-OH is 2. The number of rotatable bonds is 3. The molecule has 3 aliphatic rings. The van der Waals surface area contributed by atoms with E-state index in [2.05, 4.69) is 10.2 Å². The van der Waals surface area contributed by atoms with Crippen LogP contribution in [0.1, 0.15) is 30.4 Å². The van der Waals surface area contributed by atoms with Gasteiger partial charge in [-0.05, 0) is 17.5 Å². The molecule has 174 valence electrons. The fourth-order valence-electron chi connectivity index (χ4n) is 5.66. The van der Waals surface area contributed by atoms with Gasteiger partial charge in [0, 0.05) is 23.8 Å². The Morgan fingerprint density at radius 3 is 2.59 bits per heavy atom. The summed E-state index contributed by atoms with van der Waals surface area (Å²) in [4.78, 5) is 53.8. The third kappa shape index (κ3) is 2.69. The average molecular weight is 465 g/mol. The third-order valence-corrected chi connectivity index (χ3v) is 7.13. The van der Waals surface area contributed by atoms with Gasteiger partial charge in [0.05, 0.1) is 23.2 Å². The SMILES string of the molecule is C[C@H]1c2ccc(-c3ncco3)c(O)c2C(O)=C2C(=O)C3C(O)=C(C(N)=O)C(=O)CC3C(N=O)C21. The number of nitrogens with two attached hydrogens (primary N) is 1. The van der Waals surface area contributed by atoms with Crippen molar-refractivity contribution >= 4 is 23.2 Å². The van der Waals surface area contributed by atoms with Gasteiger partial charge in [0.15, 0.2) is 11.6 Å². The van der Waals surface area contributed by atoms with Crippen molar-refractivity contribution in [2.45, 2.75) is 25.3 Å². The van der Waals surface area contributed by atoms with Crippen molar-refractivity contribution in [2.75, 3.05) is 0 Å². The number of carbonyl (C=O) groups is 3. The van der Waals surface area contributed by atoms with E-state index in [0.29, 0.717) is 5.56 Å². The fourth-order valence-corrected chi connectivity index (χ4v) is 5.66. The topological polar surface area (TPSA) is 193 Å². The van der Waals surface area contributed by atoms with Crippen LogP contribution in [-0.4, -0.2) is 43.8 Å². The lowest BCUT2D eigenvalue weighted by molar-refractivity contribution is -0.128. The van der Waals surface area contributed by atoms with Crippen LogP contribution in [0, 0.1) is 22.7 Å². The number of aromatic hydroxyl groups is 1. The number of aromatic nitrogens is 1. The zero-order valence-corrected chi connectivity index (χ0v) is 17.8. The highest BCUT2D eigenvalue weighted by molar-refractivity contribution is 6.21. The van der Waals surface area contributed by atoms with E-state index in [9.17, 15) is 34.6 Å². The van der Waals surface area contributed by atoms with Crippen molar-refractivity contribution in [3.63, 3.8) is 0 Å². The number of fused-ring (bicyclic) bond motifs is 3.